The SMILES string of the molecule is COc1cc(C=O)cc(I)c1O[C@H]1C=C(C(=O)NCCO)C[C@@H](N(Cc2ccccc2)C(=O)c2cc3ccccc3oc2=O)[C@@H]1O. The number of carbonyl (C=O) groups is 3. The van der Waals surface area contributed by atoms with E-state index in [0.717, 1.165) is 0 Å². The molecule has 0 radical (unpaired) electrons. The van der Waals surface area contributed by atoms with Gasteiger partial charge in [0.1, 0.15) is 29.6 Å². The van der Waals surface area contributed by atoms with Gasteiger partial charge in [-0.05, 0) is 58.5 Å². The minimum absolute atomic E-state index is 0.0131. The molecule has 1 aliphatic rings. The highest BCUT2D eigenvalue weighted by Gasteiger charge is 2.42. The summed E-state index contributed by atoms with van der Waals surface area (Å²) in [4.78, 5) is 53.5. The molecular weight excluding hydrogens is 707 g/mol. The Morgan fingerprint density at radius 3 is 2.57 bits per heavy atom. The van der Waals surface area contributed by atoms with Gasteiger partial charge in [-0.1, -0.05) is 48.5 Å². The lowest BCUT2D eigenvalue weighted by Crippen LogP contribution is -2.55. The number of nitrogens with one attached hydrogen (secondary N) is 1. The quantitative estimate of drug-likeness (QED) is 0.119. The van der Waals surface area contributed by atoms with E-state index in [0.29, 0.717) is 32.0 Å². The van der Waals surface area contributed by atoms with E-state index in [1.54, 1.807) is 54.6 Å². The lowest BCUT2D eigenvalue weighted by Gasteiger charge is -2.40. The summed E-state index contributed by atoms with van der Waals surface area (Å²) >= 11 is 1.98. The molecule has 1 heterocycles. The van der Waals surface area contributed by atoms with Crippen LogP contribution in [0.2, 0.25) is 0 Å². The van der Waals surface area contributed by atoms with Crippen molar-refractivity contribution in [1.82, 2.24) is 10.2 Å². The number of benzene rings is 3. The van der Waals surface area contributed by atoms with Gasteiger partial charge in [0.25, 0.3) is 5.91 Å². The molecule has 3 aromatic carbocycles. The number of hydrogen-bond acceptors (Lipinski definition) is 9. The van der Waals surface area contributed by atoms with Gasteiger partial charge in [0.05, 0.1) is 23.3 Å². The van der Waals surface area contributed by atoms with Crippen LogP contribution in [0.4, 0.5) is 0 Å². The summed E-state index contributed by atoms with van der Waals surface area (Å²) in [6.07, 6.45) is -0.515. The number of aliphatic hydroxyl groups excluding tert-OH is 2. The number of halogens is 1. The topological polar surface area (TPSA) is 156 Å². The van der Waals surface area contributed by atoms with Crippen LogP contribution in [0.15, 0.2) is 93.7 Å². The third-order valence-corrected chi connectivity index (χ3v) is 8.39. The molecule has 12 heteroatoms. The number of aldehydes is 1. The molecule has 0 aliphatic heterocycles. The number of nitrogens with zero attached hydrogens (tertiary/aromatic N) is 1. The Hall–Kier alpha value is -4.53. The summed E-state index contributed by atoms with van der Waals surface area (Å²) in [6, 6.07) is 19.3. The van der Waals surface area contributed by atoms with Gasteiger partial charge in [0.15, 0.2) is 11.5 Å². The standard InChI is InChI=1S/C34H31IN2O9/c1-44-29-14-21(19-39)13-25(35)31(29)45-28-17-23(32(41)36-11-12-38)16-26(30(28)40)37(18-20-7-3-2-4-8-20)33(42)24-15-22-9-5-6-10-27(22)46-34(24)43/h2-10,13-15,17,19,26,28,30,38,40H,11-12,16,18H2,1H3,(H,36,41)/t26-,28+,30+/m1/s1. The first-order valence-corrected chi connectivity index (χ1v) is 15.5. The van der Waals surface area contributed by atoms with Gasteiger partial charge in [-0.3, -0.25) is 14.4 Å². The average Bonchev–Trinajstić information content (AvgIpc) is 3.07. The van der Waals surface area contributed by atoms with Crippen LogP contribution in [0, 0.1) is 3.57 Å². The Kier molecular flexibility index (Phi) is 10.5. The Morgan fingerprint density at radius 1 is 1.11 bits per heavy atom. The summed E-state index contributed by atoms with van der Waals surface area (Å²) in [5, 5.41) is 24.3. The van der Waals surface area contributed by atoms with E-state index < -0.39 is 35.7 Å². The number of methoxy groups -OCH3 is 1. The summed E-state index contributed by atoms with van der Waals surface area (Å²) < 4.78 is 17.7. The second-order valence-corrected chi connectivity index (χ2v) is 11.7. The van der Waals surface area contributed by atoms with Crippen molar-refractivity contribution < 1.29 is 38.5 Å². The molecule has 3 atom stereocenters. The molecule has 5 rings (SSSR count). The number of aliphatic hydroxyl groups is 2. The minimum atomic E-state index is -1.39. The van der Waals surface area contributed by atoms with Gasteiger partial charge >= 0.3 is 5.63 Å². The van der Waals surface area contributed by atoms with E-state index in [1.165, 1.54) is 30.2 Å². The lowest BCUT2D eigenvalue weighted by atomic mass is 9.87. The van der Waals surface area contributed by atoms with Crippen LogP contribution in [0.3, 0.4) is 0 Å². The van der Waals surface area contributed by atoms with E-state index >= 15 is 0 Å². The predicted octanol–water partition coefficient (Wildman–Crippen LogP) is 3.48. The second kappa shape index (κ2) is 14.7. The third kappa shape index (κ3) is 7.14. The fourth-order valence-electron chi connectivity index (χ4n) is 5.32. The first kappa shape index (κ1) is 32.9. The normalized spacial score (nSPS) is 17.6. The predicted molar refractivity (Wildman–Crippen MR) is 177 cm³/mol. The largest absolute Gasteiger partial charge is 0.493 e. The van der Waals surface area contributed by atoms with Gasteiger partial charge in [-0.2, -0.15) is 0 Å². The van der Waals surface area contributed by atoms with Gasteiger partial charge in [-0.25, -0.2) is 4.79 Å². The summed E-state index contributed by atoms with van der Waals surface area (Å²) in [6.45, 7) is -0.320. The minimum Gasteiger partial charge on any atom is -0.493 e. The van der Waals surface area contributed by atoms with Crippen molar-refractivity contribution in [2.45, 2.75) is 31.2 Å². The molecule has 0 spiro atoms. The summed E-state index contributed by atoms with van der Waals surface area (Å²) in [5.41, 5.74) is 0.506. The van der Waals surface area contributed by atoms with Crippen LogP contribution in [0.25, 0.3) is 11.0 Å². The monoisotopic (exact) mass is 738 g/mol. The molecule has 4 aromatic rings. The van der Waals surface area contributed by atoms with E-state index in [4.69, 9.17) is 13.9 Å². The molecule has 0 saturated heterocycles. The highest BCUT2D eigenvalue weighted by Crippen LogP contribution is 2.37. The number of para-hydroxylation sites is 1. The zero-order chi connectivity index (χ0) is 32.8. The molecule has 238 valence electrons. The van der Waals surface area contributed by atoms with Crippen LogP contribution in [-0.4, -0.2) is 71.7 Å². The number of rotatable bonds is 11. The van der Waals surface area contributed by atoms with Crippen molar-refractivity contribution in [2.75, 3.05) is 20.3 Å². The summed E-state index contributed by atoms with van der Waals surface area (Å²) in [5.74, 6) is -0.768. The second-order valence-electron chi connectivity index (χ2n) is 10.6. The molecule has 0 bridgehead atoms. The van der Waals surface area contributed by atoms with Crippen molar-refractivity contribution in [2.24, 2.45) is 0 Å². The number of ether oxygens (including phenoxy) is 2. The fourth-order valence-corrected chi connectivity index (χ4v) is 6.08. The Morgan fingerprint density at radius 2 is 1.85 bits per heavy atom. The van der Waals surface area contributed by atoms with Crippen LogP contribution >= 0.6 is 22.6 Å². The highest BCUT2D eigenvalue weighted by molar-refractivity contribution is 14.1. The van der Waals surface area contributed by atoms with Crippen LogP contribution < -0.4 is 20.4 Å². The van der Waals surface area contributed by atoms with E-state index in [9.17, 15) is 29.4 Å². The highest BCUT2D eigenvalue weighted by atomic mass is 127. The van der Waals surface area contributed by atoms with Crippen LogP contribution in [0.1, 0.15) is 32.7 Å². The molecule has 0 saturated carbocycles. The molecule has 3 N–H and O–H groups in total. The zero-order valence-corrected chi connectivity index (χ0v) is 26.9. The molecule has 1 aromatic heterocycles. The van der Waals surface area contributed by atoms with Crippen molar-refractivity contribution in [3.8, 4) is 11.5 Å². The van der Waals surface area contributed by atoms with Crippen molar-refractivity contribution >= 4 is 51.7 Å². The van der Waals surface area contributed by atoms with Gasteiger partial charge < -0.3 is 34.3 Å². The van der Waals surface area contributed by atoms with E-state index in [1.807, 2.05) is 28.7 Å². The smallest absolute Gasteiger partial charge is 0.349 e. The molecular formula is C34H31IN2O9. The molecule has 46 heavy (non-hydrogen) atoms. The van der Waals surface area contributed by atoms with Gasteiger partial charge in [0, 0.05) is 36.0 Å². The fraction of sp³-hybridized carbons (Fsp3) is 0.235. The molecule has 0 unspecified atom stereocenters. The summed E-state index contributed by atoms with van der Waals surface area (Å²) in [7, 11) is 1.41. The first-order chi connectivity index (χ1) is 22.2. The van der Waals surface area contributed by atoms with Crippen molar-refractivity contribution in [3.63, 3.8) is 0 Å². The Balaban J connectivity index is 1.60. The maximum atomic E-state index is 14.3. The average molecular weight is 739 g/mol. The third-order valence-electron chi connectivity index (χ3n) is 7.58. The first-order valence-electron chi connectivity index (χ1n) is 14.4. The van der Waals surface area contributed by atoms with Crippen LogP contribution in [-0.2, 0) is 11.3 Å². The number of amides is 2. The molecule has 2 amide bonds. The van der Waals surface area contributed by atoms with Gasteiger partial charge in [-0.15, -0.1) is 0 Å². The molecule has 0 fully saturated rings. The van der Waals surface area contributed by atoms with Crippen LogP contribution in [0.5, 0.6) is 11.5 Å². The number of fused-ring (bicyclic) bond motifs is 1. The van der Waals surface area contributed by atoms with Crippen molar-refractivity contribution in [1.29, 1.82) is 0 Å². The van der Waals surface area contributed by atoms with E-state index in [2.05, 4.69) is 5.32 Å². The number of carbonyl (C=O) groups excluding carboxylic acids is 3. The molecule has 11 nitrogen and oxygen atoms in total. The Bertz CT molecular complexity index is 1840. The lowest BCUT2D eigenvalue weighted by molar-refractivity contribution is -0.118. The van der Waals surface area contributed by atoms with Crippen molar-refractivity contribution in [3.05, 3.63) is 115 Å². The zero-order valence-electron chi connectivity index (χ0n) is 24.7. The maximum absolute atomic E-state index is 14.3. The van der Waals surface area contributed by atoms with Gasteiger partial charge in [0.2, 0.25) is 5.91 Å². The number of hydrogen-bond donors (Lipinski definition) is 3. The van der Waals surface area contributed by atoms with E-state index in [-0.39, 0.29) is 48.8 Å². The maximum Gasteiger partial charge on any atom is 0.349 e. The Labute approximate surface area is 277 Å². The molecule has 1 aliphatic carbocycles.